The van der Waals surface area contributed by atoms with Gasteiger partial charge in [-0.1, -0.05) is 30.3 Å². The van der Waals surface area contributed by atoms with Gasteiger partial charge in [0.05, 0.1) is 11.1 Å². The SMILES string of the molecule is O=C1OC(=O)c2c1ccc1c2Cc2ccccc2-1. The molecule has 0 spiro atoms. The third kappa shape index (κ3) is 1.03. The third-order valence-corrected chi connectivity index (χ3v) is 3.60. The first-order valence-electron chi connectivity index (χ1n) is 5.76. The van der Waals surface area contributed by atoms with Crippen molar-refractivity contribution < 1.29 is 14.3 Å². The second-order valence-electron chi connectivity index (χ2n) is 4.53. The van der Waals surface area contributed by atoms with Crippen molar-refractivity contribution in [3.8, 4) is 11.1 Å². The van der Waals surface area contributed by atoms with E-state index in [-0.39, 0.29) is 0 Å². The van der Waals surface area contributed by atoms with Gasteiger partial charge in [-0.2, -0.15) is 0 Å². The fourth-order valence-electron chi connectivity index (χ4n) is 2.80. The number of cyclic esters (lactones) is 2. The molecule has 3 nitrogen and oxygen atoms in total. The summed E-state index contributed by atoms with van der Waals surface area (Å²) < 4.78 is 4.68. The second-order valence-corrected chi connectivity index (χ2v) is 4.53. The zero-order chi connectivity index (χ0) is 12.3. The number of fused-ring (bicyclic) bond motifs is 5. The maximum Gasteiger partial charge on any atom is 0.347 e. The number of carbonyl (C=O) groups excluding carboxylic acids is 2. The maximum absolute atomic E-state index is 11.7. The summed E-state index contributed by atoms with van der Waals surface area (Å²) in [6, 6.07) is 11.6. The minimum Gasteiger partial charge on any atom is -0.386 e. The molecule has 0 unspecified atom stereocenters. The van der Waals surface area contributed by atoms with Gasteiger partial charge in [0.25, 0.3) is 0 Å². The van der Waals surface area contributed by atoms with Crippen LogP contribution >= 0.6 is 0 Å². The van der Waals surface area contributed by atoms with E-state index in [1.807, 2.05) is 30.3 Å². The number of carbonyl (C=O) groups is 2. The molecule has 0 N–H and O–H groups in total. The highest BCUT2D eigenvalue weighted by atomic mass is 16.6. The number of rotatable bonds is 0. The van der Waals surface area contributed by atoms with Crippen LogP contribution in [0, 0.1) is 0 Å². The van der Waals surface area contributed by atoms with Crippen molar-refractivity contribution in [1.29, 1.82) is 0 Å². The summed E-state index contributed by atoms with van der Waals surface area (Å²) in [5.41, 5.74) is 5.14. The lowest BCUT2D eigenvalue weighted by Gasteiger charge is -2.02. The lowest BCUT2D eigenvalue weighted by Crippen LogP contribution is -1.99. The molecular formula is C15H8O3. The molecule has 18 heavy (non-hydrogen) atoms. The molecule has 0 bridgehead atoms. The second kappa shape index (κ2) is 3.07. The Kier molecular flexibility index (Phi) is 1.64. The fraction of sp³-hybridized carbons (Fsp3) is 0.0667. The highest BCUT2D eigenvalue weighted by Gasteiger charge is 2.35. The van der Waals surface area contributed by atoms with Crippen LogP contribution in [-0.4, -0.2) is 11.9 Å². The average molecular weight is 236 g/mol. The first-order valence-corrected chi connectivity index (χ1v) is 5.76. The number of hydrogen-bond donors (Lipinski definition) is 0. The highest BCUT2D eigenvalue weighted by molar-refractivity contribution is 6.16. The molecule has 0 radical (unpaired) electrons. The Bertz CT molecular complexity index is 729. The van der Waals surface area contributed by atoms with Crippen LogP contribution in [-0.2, 0) is 11.2 Å². The van der Waals surface area contributed by atoms with Crippen LogP contribution in [0.15, 0.2) is 36.4 Å². The molecule has 2 aliphatic rings. The van der Waals surface area contributed by atoms with E-state index in [0.717, 1.165) is 16.7 Å². The molecule has 0 aromatic heterocycles. The van der Waals surface area contributed by atoms with Crippen molar-refractivity contribution in [3.63, 3.8) is 0 Å². The monoisotopic (exact) mass is 236 g/mol. The minimum absolute atomic E-state index is 0.395. The van der Waals surface area contributed by atoms with Crippen LogP contribution in [0.5, 0.6) is 0 Å². The summed E-state index contributed by atoms with van der Waals surface area (Å²) in [5, 5.41) is 0. The van der Waals surface area contributed by atoms with Crippen LogP contribution in [0.25, 0.3) is 11.1 Å². The van der Waals surface area contributed by atoms with Crippen LogP contribution in [0.4, 0.5) is 0 Å². The van der Waals surface area contributed by atoms with Crippen molar-refractivity contribution in [1.82, 2.24) is 0 Å². The molecule has 3 heteroatoms. The van der Waals surface area contributed by atoms with Crippen molar-refractivity contribution in [2.24, 2.45) is 0 Å². The lowest BCUT2D eigenvalue weighted by molar-refractivity contribution is 0.0443. The summed E-state index contributed by atoms with van der Waals surface area (Å²) >= 11 is 0. The first kappa shape index (κ1) is 9.59. The van der Waals surface area contributed by atoms with Crippen molar-refractivity contribution in [2.75, 3.05) is 0 Å². The molecule has 1 heterocycles. The van der Waals surface area contributed by atoms with E-state index in [1.54, 1.807) is 6.07 Å². The lowest BCUT2D eigenvalue weighted by atomic mass is 9.97. The number of hydrogen-bond acceptors (Lipinski definition) is 3. The van der Waals surface area contributed by atoms with Gasteiger partial charge >= 0.3 is 11.9 Å². The summed E-state index contributed by atoms with van der Waals surface area (Å²) in [5.74, 6) is -1.05. The molecule has 86 valence electrons. The summed E-state index contributed by atoms with van der Waals surface area (Å²) in [6.07, 6.45) is 0.692. The average Bonchev–Trinajstić information content (AvgIpc) is 2.88. The molecule has 0 saturated carbocycles. The molecule has 2 aromatic rings. The van der Waals surface area contributed by atoms with Crippen molar-refractivity contribution in [3.05, 3.63) is 58.7 Å². The maximum atomic E-state index is 11.7. The zero-order valence-corrected chi connectivity index (χ0v) is 9.40. The Hall–Kier alpha value is -2.42. The van der Waals surface area contributed by atoms with Gasteiger partial charge in [0.1, 0.15) is 0 Å². The number of ether oxygens (including phenoxy) is 1. The van der Waals surface area contributed by atoms with E-state index < -0.39 is 11.9 Å². The Labute approximate surface area is 103 Å². The molecule has 0 atom stereocenters. The van der Waals surface area contributed by atoms with E-state index in [1.165, 1.54) is 5.56 Å². The predicted octanol–water partition coefficient (Wildman–Crippen LogP) is 2.57. The van der Waals surface area contributed by atoms with Gasteiger partial charge in [0, 0.05) is 0 Å². The van der Waals surface area contributed by atoms with E-state index in [9.17, 15) is 9.59 Å². The molecule has 1 aliphatic carbocycles. The van der Waals surface area contributed by atoms with Gasteiger partial charge in [-0.3, -0.25) is 0 Å². The van der Waals surface area contributed by atoms with Crippen LogP contribution in [0.2, 0.25) is 0 Å². The van der Waals surface area contributed by atoms with E-state index >= 15 is 0 Å². The van der Waals surface area contributed by atoms with Crippen molar-refractivity contribution in [2.45, 2.75) is 6.42 Å². The highest BCUT2D eigenvalue weighted by Crippen LogP contribution is 2.40. The Balaban J connectivity index is 2.05. The predicted molar refractivity (Wildman–Crippen MR) is 64.4 cm³/mol. The normalized spacial score (nSPS) is 15.1. The zero-order valence-electron chi connectivity index (χ0n) is 9.40. The number of esters is 2. The number of benzene rings is 2. The van der Waals surface area contributed by atoms with Gasteiger partial charge in [0.15, 0.2) is 0 Å². The van der Waals surface area contributed by atoms with E-state index in [4.69, 9.17) is 0 Å². The van der Waals surface area contributed by atoms with Gasteiger partial charge in [-0.25, -0.2) is 9.59 Å². The fourth-order valence-corrected chi connectivity index (χ4v) is 2.80. The molecule has 2 aromatic carbocycles. The van der Waals surface area contributed by atoms with Gasteiger partial charge < -0.3 is 4.74 Å². The standard InChI is InChI=1S/C15H8O3/c16-14-11-6-5-10-9-4-2-1-3-8(9)7-12(10)13(11)15(17)18-14/h1-6H,7H2. The largest absolute Gasteiger partial charge is 0.386 e. The van der Waals surface area contributed by atoms with Crippen LogP contribution < -0.4 is 0 Å². The smallest absolute Gasteiger partial charge is 0.347 e. The summed E-state index contributed by atoms with van der Waals surface area (Å²) in [4.78, 5) is 23.2. The Morgan fingerprint density at radius 2 is 1.61 bits per heavy atom. The quantitative estimate of drug-likeness (QED) is 0.445. The molecule has 4 rings (SSSR count). The Morgan fingerprint density at radius 1 is 0.833 bits per heavy atom. The van der Waals surface area contributed by atoms with E-state index in [0.29, 0.717) is 17.5 Å². The summed E-state index contributed by atoms with van der Waals surface area (Å²) in [7, 11) is 0. The first-order chi connectivity index (χ1) is 8.75. The molecule has 0 amide bonds. The molecule has 0 saturated heterocycles. The van der Waals surface area contributed by atoms with Gasteiger partial charge in [-0.15, -0.1) is 0 Å². The minimum atomic E-state index is -0.534. The third-order valence-electron chi connectivity index (χ3n) is 3.60. The van der Waals surface area contributed by atoms with E-state index in [2.05, 4.69) is 4.74 Å². The van der Waals surface area contributed by atoms with Crippen LogP contribution in [0.1, 0.15) is 31.8 Å². The topological polar surface area (TPSA) is 43.4 Å². The molecule has 0 fully saturated rings. The van der Waals surface area contributed by atoms with Crippen LogP contribution in [0.3, 0.4) is 0 Å². The van der Waals surface area contributed by atoms with Gasteiger partial charge in [-0.05, 0) is 34.7 Å². The summed E-state index contributed by atoms with van der Waals surface area (Å²) in [6.45, 7) is 0. The van der Waals surface area contributed by atoms with Crippen molar-refractivity contribution >= 4 is 11.9 Å². The molecule has 1 aliphatic heterocycles. The Morgan fingerprint density at radius 3 is 2.50 bits per heavy atom. The molecular weight excluding hydrogens is 228 g/mol. The van der Waals surface area contributed by atoms with Gasteiger partial charge in [0.2, 0.25) is 0 Å².